The zero-order chi connectivity index (χ0) is 11.4. The van der Waals surface area contributed by atoms with Gasteiger partial charge in [-0.25, -0.2) is 0 Å². The van der Waals surface area contributed by atoms with Crippen LogP contribution in [-0.2, 0) is 7.05 Å². The van der Waals surface area contributed by atoms with Gasteiger partial charge in [0.15, 0.2) is 5.82 Å². The molecule has 0 aliphatic rings. The van der Waals surface area contributed by atoms with Gasteiger partial charge in [-0.05, 0) is 12.7 Å². The lowest BCUT2D eigenvalue weighted by Gasteiger charge is -2.27. The summed E-state index contributed by atoms with van der Waals surface area (Å²) in [5, 5.41) is 4.37. The summed E-state index contributed by atoms with van der Waals surface area (Å²) < 4.78 is 1.76. The molecule has 15 heavy (non-hydrogen) atoms. The molecule has 5 heteroatoms. The van der Waals surface area contributed by atoms with Crippen LogP contribution >= 0.6 is 11.8 Å². The van der Waals surface area contributed by atoms with E-state index in [1.807, 2.05) is 25.0 Å². The van der Waals surface area contributed by atoms with Crippen LogP contribution in [0.5, 0.6) is 0 Å². The highest BCUT2D eigenvalue weighted by Crippen LogP contribution is 2.22. The van der Waals surface area contributed by atoms with E-state index in [1.165, 1.54) is 0 Å². The first kappa shape index (κ1) is 12.2. The molecular weight excluding hydrogens is 208 g/mol. The maximum atomic E-state index is 5.90. The van der Waals surface area contributed by atoms with Crippen molar-refractivity contribution in [1.29, 1.82) is 0 Å². The molecule has 1 unspecified atom stereocenters. The van der Waals surface area contributed by atoms with Crippen LogP contribution in [0, 0.1) is 0 Å². The molecule has 0 aliphatic carbocycles. The third-order valence-corrected chi connectivity index (χ3v) is 3.27. The number of rotatable bonds is 5. The van der Waals surface area contributed by atoms with E-state index < -0.39 is 0 Å². The average Bonchev–Trinajstić information content (AvgIpc) is 2.53. The molecule has 0 aliphatic heterocycles. The first-order valence-electron chi connectivity index (χ1n) is 5.11. The summed E-state index contributed by atoms with van der Waals surface area (Å²) in [7, 11) is 3.95. The molecule has 0 spiro atoms. The van der Waals surface area contributed by atoms with Gasteiger partial charge >= 0.3 is 0 Å². The molecule has 0 radical (unpaired) electrons. The van der Waals surface area contributed by atoms with Crippen molar-refractivity contribution < 1.29 is 0 Å². The Morgan fingerprint density at radius 2 is 2.33 bits per heavy atom. The van der Waals surface area contributed by atoms with E-state index >= 15 is 0 Å². The van der Waals surface area contributed by atoms with Crippen LogP contribution in [0.2, 0.25) is 0 Å². The van der Waals surface area contributed by atoms with Gasteiger partial charge in [0.05, 0.1) is 5.69 Å². The summed E-state index contributed by atoms with van der Waals surface area (Å²) in [6.07, 6.45) is 5.07. The molecule has 86 valence electrons. The van der Waals surface area contributed by atoms with Crippen molar-refractivity contribution >= 4 is 23.3 Å². The fourth-order valence-electron chi connectivity index (χ4n) is 1.64. The minimum absolute atomic E-state index is 0.497. The number of hydrogen-bond donors (Lipinski definition) is 1. The Kier molecular flexibility index (Phi) is 4.32. The molecule has 0 aromatic carbocycles. The van der Waals surface area contributed by atoms with Crippen LogP contribution in [0.3, 0.4) is 0 Å². The SMILES string of the molecule is CCC(CSC)N(C)c1nn(C)cc1N. The zero-order valence-electron chi connectivity index (χ0n) is 9.90. The molecule has 0 bridgehead atoms. The summed E-state index contributed by atoms with van der Waals surface area (Å²) in [4.78, 5) is 2.17. The lowest BCUT2D eigenvalue weighted by Crippen LogP contribution is -2.33. The summed E-state index contributed by atoms with van der Waals surface area (Å²) >= 11 is 1.85. The lowest BCUT2D eigenvalue weighted by atomic mass is 10.2. The number of anilines is 2. The third kappa shape index (κ3) is 2.81. The van der Waals surface area contributed by atoms with Crippen LogP contribution < -0.4 is 10.6 Å². The van der Waals surface area contributed by atoms with E-state index in [0.717, 1.165) is 23.7 Å². The maximum absolute atomic E-state index is 5.90. The predicted molar refractivity (Wildman–Crippen MR) is 68.5 cm³/mol. The van der Waals surface area contributed by atoms with E-state index in [0.29, 0.717) is 6.04 Å². The Bertz CT molecular complexity index is 310. The summed E-state index contributed by atoms with van der Waals surface area (Å²) in [6.45, 7) is 2.19. The molecular formula is C10H20N4S. The molecule has 0 amide bonds. The predicted octanol–water partition coefficient (Wildman–Crippen LogP) is 1.58. The number of hydrogen-bond acceptors (Lipinski definition) is 4. The molecule has 0 saturated heterocycles. The van der Waals surface area contributed by atoms with Gasteiger partial charge in [0, 0.05) is 32.1 Å². The Morgan fingerprint density at radius 1 is 1.67 bits per heavy atom. The molecule has 1 atom stereocenters. The second-order valence-electron chi connectivity index (χ2n) is 3.71. The molecule has 1 aromatic rings. The summed E-state index contributed by atoms with van der Waals surface area (Å²) in [6, 6.07) is 0.497. The molecule has 0 fully saturated rings. The van der Waals surface area contributed by atoms with Gasteiger partial charge < -0.3 is 10.6 Å². The molecule has 1 rings (SSSR count). The molecule has 4 nitrogen and oxygen atoms in total. The second-order valence-corrected chi connectivity index (χ2v) is 4.62. The molecule has 1 aromatic heterocycles. The highest BCUT2D eigenvalue weighted by Gasteiger charge is 2.17. The van der Waals surface area contributed by atoms with Crippen molar-refractivity contribution in [2.24, 2.45) is 7.05 Å². The monoisotopic (exact) mass is 228 g/mol. The van der Waals surface area contributed by atoms with Crippen molar-refractivity contribution in [3.05, 3.63) is 6.20 Å². The Morgan fingerprint density at radius 3 is 2.73 bits per heavy atom. The molecule has 1 heterocycles. The van der Waals surface area contributed by atoms with E-state index in [2.05, 4.69) is 30.2 Å². The first-order chi connectivity index (χ1) is 7.10. The van der Waals surface area contributed by atoms with Crippen molar-refractivity contribution in [3.63, 3.8) is 0 Å². The topological polar surface area (TPSA) is 47.1 Å². The van der Waals surface area contributed by atoms with Crippen molar-refractivity contribution in [2.75, 3.05) is 29.7 Å². The lowest BCUT2D eigenvalue weighted by molar-refractivity contribution is 0.655. The summed E-state index contributed by atoms with van der Waals surface area (Å²) in [5.74, 6) is 1.99. The highest BCUT2D eigenvalue weighted by atomic mass is 32.2. The van der Waals surface area contributed by atoms with Gasteiger partial charge in [-0.15, -0.1) is 0 Å². The number of thioether (sulfide) groups is 1. The minimum atomic E-state index is 0.497. The van der Waals surface area contributed by atoms with Gasteiger partial charge in [-0.3, -0.25) is 4.68 Å². The van der Waals surface area contributed by atoms with E-state index in [4.69, 9.17) is 5.73 Å². The highest BCUT2D eigenvalue weighted by molar-refractivity contribution is 7.98. The van der Waals surface area contributed by atoms with Crippen LogP contribution in [-0.4, -0.2) is 34.9 Å². The van der Waals surface area contributed by atoms with Crippen LogP contribution in [0.1, 0.15) is 13.3 Å². The fourth-order valence-corrected chi connectivity index (χ4v) is 2.48. The van der Waals surface area contributed by atoms with Crippen molar-refractivity contribution in [3.8, 4) is 0 Å². The summed E-state index contributed by atoms with van der Waals surface area (Å²) in [5.41, 5.74) is 6.65. The normalized spacial score (nSPS) is 12.8. The second kappa shape index (κ2) is 5.30. The Labute approximate surface area is 95.8 Å². The first-order valence-corrected chi connectivity index (χ1v) is 6.50. The largest absolute Gasteiger partial charge is 0.394 e. The number of nitrogens with two attached hydrogens (primary N) is 1. The number of aryl methyl sites for hydroxylation is 1. The smallest absolute Gasteiger partial charge is 0.173 e. The van der Waals surface area contributed by atoms with Gasteiger partial charge in [-0.1, -0.05) is 6.92 Å². The third-order valence-electron chi connectivity index (χ3n) is 2.55. The fraction of sp³-hybridized carbons (Fsp3) is 0.700. The molecule has 2 N–H and O–H groups in total. The van der Waals surface area contributed by atoms with E-state index in [1.54, 1.807) is 4.68 Å². The van der Waals surface area contributed by atoms with Crippen LogP contribution in [0.15, 0.2) is 6.20 Å². The van der Waals surface area contributed by atoms with Crippen molar-refractivity contribution in [2.45, 2.75) is 19.4 Å². The number of nitrogen functional groups attached to an aromatic ring is 1. The van der Waals surface area contributed by atoms with Gasteiger partial charge in [-0.2, -0.15) is 16.9 Å². The zero-order valence-corrected chi connectivity index (χ0v) is 10.7. The van der Waals surface area contributed by atoms with Gasteiger partial charge in [0.2, 0.25) is 0 Å². The number of aromatic nitrogens is 2. The Balaban J connectivity index is 2.81. The molecule has 0 saturated carbocycles. The standard InChI is InChI=1S/C10H20N4S/c1-5-8(7-15-4)14(3)10-9(11)6-13(2)12-10/h6,8H,5,7,11H2,1-4H3. The van der Waals surface area contributed by atoms with E-state index in [-0.39, 0.29) is 0 Å². The van der Waals surface area contributed by atoms with E-state index in [9.17, 15) is 0 Å². The average molecular weight is 228 g/mol. The quantitative estimate of drug-likeness (QED) is 0.831. The Hall–Kier alpha value is -0.840. The minimum Gasteiger partial charge on any atom is -0.394 e. The van der Waals surface area contributed by atoms with Crippen molar-refractivity contribution in [1.82, 2.24) is 9.78 Å². The van der Waals surface area contributed by atoms with Crippen LogP contribution in [0.4, 0.5) is 11.5 Å². The van der Waals surface area contributed by atoms with Crippen LogP contribution in [0.25, 0.3) is 0 Å². The van der Waals surface area contributed by atoms with Gasteiger partial charge in [0.25, 0.3) is 0 Å². The number of nitrogens with zero attached hydrogens (tertiary/aromatic N) is 3. The van der Waals surface area contributed by atoms with Gasteiger partial charge in [0.1, 0.15) is 0 Å². The maximum Gasteiger partial charge on any atom is 0.173 e.